The molecule has 1 unspecified atom stereocenters. The Bertz CT molecular complexity index is 354. The second-order valence-electron chi connectivity index (χ2n) is 4.15. The first-order chi connectivity index (χ1) is 8.11. The number of aliphatic hydroxyl groups excluding tert-OH is 1. The van der Waals surface area contributed by atoms with Crippen molar-refractivity contribution in [2.75, 3.05) is 13.2 Å². The molecule has 96 valence electrons. The molecule has 0 fully saturated rings. The Kier molecular flexibility index (Phi) is 6.55. The lowest BCUT2D eigenvalue weighted by molar-refractivity contribution is -0.121. The fourth-order valence-corrected chi connectivity index (χ4v) is 2.50. The van der Waals surface area contributed by atoms with Gasteiger partial charge in [0.1, 0.15) is 0 Å². The zero-order valence-corrected chi connectivity index (χ0v) is 11.5. The lowest BCUT2D eigenvalue weighted by atomic mass is 10.1. The fraction of sp³-hybridized carbons (Fsp3) is 0.583. The third-order valence-electron chi connectivity index (χ3n) is 2.49. The molecule has 0 spiro atoms. The minimum absolute atomic E-state index is 0.0549. The molecule has 0 aliphatic carbocycles. The summed E-state index contributed by atoms with van der Waals surface area (Å²) in [7, 11) is 0. The van der Waals surface area contributed by atoms with Crippen LogP contribution < -0.4 is 5.32 Å². The number of thiophene rings is 1. The lowest BCUT2D eigenvalue weighted by Gasteiger charge is -2.10. The highest BCUT2D eigenvalue weighted by molar-refractivity contribution is 7.10. The van der Waals surface area contributed by atoms with Crippen LogP contribution >= 0.6 is 22.9 Å². The third-order valence-corrected chi connectivity index (χ3v) is 3.83. The van der Waals surface area contributed by atoms with Gasteiger partial charge in [-0.15, -0.1) is 11.3 Å². The van der Waals surface area contributed by atoms with Crippen LogP contribution in [-0.4, -0.2) is 24.2 Å². The van der Waals surface area contributed by atoms with Gasteiger partial charge in [-0.2, -0.15) is 0 Å². The molecule has 0 saturated heterocycles. The molecule has 0 radical (unpaired) electrons. The normalized spacial score (nSPS) is 12.4. The number of aliphatic hydroxyl groups is 1. The number of rotatable bonds is 7. The minimum Gasteiger partial charge on any atom is -0.396 e. The van der Waals surface area contributed by atoms with E-state index < -0.39 is 0 Å². The summed E-state index contributed by atoms with van der Waals surface area (Å²) in [6, 6.07) is 1.90. The molecule has 0 saturated carbocycles. The maximum absolute atomic E-state index is 11.5. The third kappa shape index (κ3) is 6.05. The van der Waals surface area contributed by atoms with E-state index in [9.17, 15) is 4.79 Å². The first-order valence-corrected chi connectivity index (χ1v) is 6.98. The molecule has 1 rings (SSSR count). The molecule has 17 heavy (non-hydrogen) atoms. The number of amides is 1. The largest absolute Gasteiger partial charge is 0.396 e. The van der Waals surface area contributed by atoms with E-state index in [1.807, 2.05) is 18.4 Å². The molecule has 1 aromatic rings. The van der Waals surface area contributed by atoms with Crippen molar-refractivity contribution in [3.8, 4) is 0 Å². The van der Waals surface area contributed by atoms with Gasteiger partial charge in [0.15, 0.2) is 0 Å². The average Bonchev–Trinajstić information content (AvgIpc) is 2.70. The highest BCUT2D eigenvalue weighted by Crippen LogP contribution is 2.20. The fourth-order valence-electron chi connectivity index (χ4n) is 1.42. The van der Waals surface area contributed by atoms with Crippen LogP contribution in [-0.2, 0) is 11.2 Å². The topological polar surface area (TPSA) is 49.3 Å². The smallest absolute Gasteiger partial charge is 0.220 e. The Morgan fingerprint density at radius 1 is 1.65 bits per heavy atom. The molecular formula is C12H18ClNO2S. The molecule has 3 nitrogen and oxygen atoms in total. The number of hydrogen-bond acceptors (Lipinski definition) is 3. The number of aryl methyl sites for hydroxylation is 1. The quantitative estimate of drug-likeness (QED) is 0.803. The van der Waals surface area contributed by atoms with Crippen molar-refractivity contribution in [1.29, 1.82) is 0 Å². The number of nitrogens with one attached hydrogen (secondary N) is 1. The average molecular weight is 276 g/mol. The minimum atomic E-state index is 0.0549. The molecule has 0 aromatic carbocycles. The van der Waals surface area contributed by atoms with Crippen molar-refractivity contribution >= 4 is 28.8 Å². The highest BCUT2D eigenvalue weighted by atomic mass is 35.5. The summed E-state index contributed by atoms with van der Waals surface area (Å²) in [5.74, 6) is 0.374. The van der Waals surface area contributed by atoms with Gasteiger partial charge in [-0.3, -0.25) is 4.79 Å². The van der Waals surface area contributed by atoms with Crippen molar-refractivity contribution in [2.45, 2.75) is 26.2 Å². The standard InChI is InChI=1S/C12H18ClNO2S/c1-9(4-5-15)7-14-12(16)3-2-11-6-10(13)8-17-11/h6,8-9,15H,2-5,7H2,1H3,(H,14,16). The van der Waals surface area contributed by atoms with Crippen molar-refractivity contribution < 1.29 is 9.90 Å². The van der Waals surface area contributed by atoms with E-state index in [0.29, 0.717) is 18.9 Å². The van der Waals surface area contributed by atoms with Gasteiger partial charge in [0, 0.05) is 29.8 Å². The van der Waals surface area contributed by atoms with Crippen LogP contribution in [0.2, 0.25) is 5.02 Å². The van der Waals surface area contributed by atoms with Gasteiger partial charge in [0.05, 0.1) is 5.02 Å². The van der Waals surface area contributed by atoms with E-state index in [2.05, 4.69) is 5.32 Å². The number of halogens is 1. The first-order valence-electron chi connectivity index (χ1n) is 5.72. The summed E-state index contributed by atoms with van der Waals surface area (Å²) in [5, 5.41) is 14.2. The predicted octanol–water partition coefficient (Wildman–Crippen LogP) is 2.47. The number of hydrogen-bond donors (Lipinski definition) is 2. The number of carbonyl (C=O) groups is 1. The van der Waals surface area contributed by atoms with Gasteiger partial charge in [0.2, 0.25) is 5.91 Å². The zero-order valence-electron chi connectivity index (χ0n) is 9.91. The van der Waals surface area contributed by atoms with Gasteiger partial charge >= 0.3 is 0 Å². The number of carbonyl (C=O) groups excluding carboxylic acids is 1. The second-order valence-corrected chi connectivity index (χ2v) is 5.58. The lowest BCUT2D eigenvalue weighted by Crippen LogP contribution is -2.28. The maximum atomic E-state index is 11.5. The highest BCUT2D eigenvalue weighted by Gasteiger charge is 2.06. The van der Waals surface area contributed by atoms with Crippen LogP contribution in [0.4, 0.5) is 0 Å². The SMILES string of the molecule is CC(CCO)CNC(=O)CCc1cc(Cl)cs1. The van der Waals surface area contributed by atoms with Crippen LogP contribution in [0.15, 0.2) is 11.4 Å². The monoisotopic (exact) mass is 275 g/mol. The van der Waals surface area contributed by atoms with E-state index in [4.69, 9.17) is 16.7 Å². The van der Waals surface area contributed by atoms with Crippen molar-refractivity contribution in [2.24, 2.45) is 5.92 Å². The molecule has 0 aliphatic heterocycles. The van der Waals surface area contributed by atoms with Gasteiger partial charge in [-0.05, 0) is 24.8 Å². The van der Waals surface area contributed by atoms with Gasteiger partial charge in [-0.1, -0.05) is 18.5 Å². The van der Waals surface area contributed by atoms with Crippen LogP contribution in [0.3, 0.4) is 0 Å². The maximum Gasteiger partial charge on any atom is 0.220 e. The molecular weight excluding hydrogens is 258 g/mol. The Balaban J connectivity index is 2.17. The Hall–Kier alpha value is -0.580. The van der Waals surface area contributed by atoms with Gasteiger partial charge < -0.3 is 10.4 Å². The molecule has 5 heteroatoms. The van der Waals surface area contributed by atoms with Crippen LogP contribution in [0, 0.1) is 5.92 Å². The summed E-state index contributed by atoms with van der Waals surface area (Å²) in [6.07, 6.45) is 1.95. The Morgan fingerprint density at radius 3 is 3.00 bits per heavy atom. The van der Waals surface area contributed by atoms with Crippen molar-refractivity contribution in [1.82, 2.24) is 5.32 Å². The molecule has 1 amide bonds. The molecule has 0 bridgehead atoms. The molecule has 1 heterocycles. The summed E-state index contributed by atoms with van der Waals surface area (Å²) in [6.45, 7) is 2.81. The molecule has 1 aromatic heterocycles. The molecule has 2 N–H and O–H groups in total. The summed E-state index contributed by atoms with van der Waals surface area (Å²) in [4.78, 5) is 12.7. The van der Waals surface area contributed by atoms with E-state index in [1.54, 1.807) is 11.3 Å². The zero-order chi connectivity index (χ0) is 12.7. The summed E-state index contributed by atoms with van der Waals surface area (Å²) >= 11 is 7.38. The molecule has 0 aliphatic rings. The van der Waals surface area contributed by atoms with E-state index in [1.165, 1.54) is 0 Å². The van der Waals surface area contributed by atoms with E-state index >= 15 is 0 Å². The van der Waals surface area contributed by atoms with Crippen molar-refractivity contribution in [3.05, 3.63) is 21.3 Å². The second kappa shape index (κ2) is 7.69. The van der Waals surface area contributed by atoms with Gasteiger partial charge in [0.25, 0.3) is 0 Å². The van der Waals surface area contributed by atoms with Crippen molar-refractivity contribution in [3.63, 3.8) is 0 Å². The van der Waals surface area contributed by atoms with E-state index in [-0.39, 0.29) is 12.5 Å². The first kappa shape index (κ1) is 14.5. The predicted molar refractivity (Wildman–Crippen MR) is 71.5 cm³/mol. The Labute approximate surface area is 111 Å². The van der Waals surface area contributed by atoms with Crippen LogP contribution in [0.5, 0.6) is 0 Å². The van der Waals surface area contributed by atoms with Crippen LogP contribution in [0.1, 0.15) is 24.6 Å². The summed E-state index contributed by atoms with van der Waals surface area (Å²) < 4.78 is 0. The Morgan fingerprint density at radius 2 is 2.41 bits per heavy atom. The van der Waals surface area contributed by atoms with Crippen LogP contribution in [0.25, 0.3) is 0 Å². The van der Waals surface area contributed by atoms with E-state index in [0.717, 1.165) is 22.7 Å². The summed E-state index contributed by atoms with van der Waals surface area (Å²) in [5.41, 5.74) is 0. The van der Waals surface area contributed by atoms with Gasteiger partial charge in [-0.25, -0.2) is 0 Å². The molecule has 1 atom stereocenters.